The van der Waals surface area contributed by atoms with Crippen LogP contribution in [0.1, 0.15) is 322 Å². The Kier molecular flexibility index (Phi) is 63.7. The number of allylic oxidation sites excluding steroid dienone is 14. The van der Waals surface area contributed by atoms with Gasteiger partial charge in [0.05, 0.1) is 40.3 Å². The van der Waals surface area contributed by atoms with Gasteiger partial charge >= 0.3 is 11.9 Å². The number of unbranched alkanes of at least 4 members (excludes halogenated alkanes) is 37. The molecule has 0 aromatic rings. The van der Waals surface area contributed by atoms with Crippen LogP contribution in [-0.2, 0) is 33.3 Å². The number of aliphatic carboxylic acids is 1. The Bertz CT molecular complexity index is 1670. The Morgan fingerprint density at radius 2 is 0.671 bits per heavy atom. The Hall–Kier alpha value is -3.53. The molecule has 2 unspecified atom stereocenters. The number of carbonyl (C=O) groups is 3. The molecular formula is C76H135NO8. The molecule has 0 bridgehead atoms. The van der Waals surface area contributed by atoms with Gasteiger partial charge in [0.1, 0.15) is 13.2 Å². The summed E-state index contributed by atoms with van der Waals surface area (Å²) in [5.74, 6) is -2.32. The van der Waals surface area contributed by atoms with E-state index in [9.17, 15) is 19.5 Å². The molecule has 9 nitrogen and oxygen atoms in total. The first-order valence-corrected chi connectivity index (χ1v) is 35.7. The number of rotatable bonds is 66. The average Bonchev–Trinajstić information content (AvgIpc) is 3.49. The summed E-state index contributed by atoms with van der Waals surface area (Å²) in [6.07, 6.45) is 86.9. The Balaban J connectivity index is 4.09. The highest BCUT2D eigenvalue weighted by molar-refractivity contribution is 5.70. The third-order valence-electron chi connectivity index (χ3n) is 15.7. The molecule has 0 radical (unpaired) electrons. The van der Waals surface area contributed by atoms with Crippen LogP contribution in [-0.4, -0.2) is 82.3 Å². The van der Waals surface area contributed by atoms with Crippen molar-refractivity contribution in [1.82, 2.24) is 0 Å². The molecule has 0 N–H and O–H groups in total. The van der Waals surface area contributed by atoms with E-state index >= 15 is 0 Å². The first-order valence-electron chi connectivity index (χ1n) is 35.7. The largest absolute Gasteiger partial charge is 0.545 e. The van der Waals surface area contributed by atoms with Gasteiger partial charge in [0.25, 0.3) is 0 Å². The molecule has 492 valence electrons. The Labute approximate surface area is 525 Å². The minimum atomic E-state index is -1.64. The van der Waals surface area contributed by atoms with E-state index in [0.717, 1.165) is 83.5 Å². The monoisotopic (exact) mass is 1190 g/mol. The third kappa shape index (κ3) is 67.8. The fourth-order valence-corrected chi connectivity index (χ4v) is 10.2. The maximum Gasteiger partial charge on any atom is 0.306 e. The standard InChI is InChI=1S/C76H135NO8/c1-6-8-10-12-14-16-18-20-22-24-26-28-30-32-33-34-35-36-37-38-39-40-41-43-44-46-48-50-52-54-56-58-60-62-64-66-73(78)83-70-72(71-84-76(75(80)81)82-69-68-77(3,4)5)85-74(79)67-65-63-61-59-57-55-53-51-49-47-45-42-31-29-27-25-23-21-19-17-15-13-11-9-7-2/h9,11,15,17,21,23,27,29,42,45,49,51,55,57,72,76H,6-8,10,12-14,16,18-20,22,24-26,28,30-41,43-44,46-48,50,52-54,56,58-71H2,1-5H3/b11-9-,17-15-,23-21-,29-27-,45-42-,51-49-,57-55-. The number of likely N-dealkylation sites (N-methyl/N-ethyl adjacent to an activating group) is 1. The van der Waals surface area contributed by atoms with Gasteiger partial charge in [-0.1, -0.05) is 324 Å². The summed E-state index contributed by atoms with van der Waals surface area (Å²) in [5, 5.41) is 11.8. The van der Waals surface area contributed by atoms with Gasteiger partial charge in [0.2, 0.25) is 0 Å². The van der Waals surface area contributed by atoms with Gasteiger partial charge in [-0.2, -0.15) is 0 Å². The highest BCUT2D eigenvalue weighted by Gasteiger charge is 2.22. The van der Waals surface area contributed by atoms with Gasteiger partial charge in [-0.05, 0) is 70.6 Å². The summed E-state index contributed by atoms with van der Waals surface area (Å²) in [5.41, 5.74) is 0. The third-order valence-corrected chi connectivity index (χ3v) is 15.7. The zero-order valence-corrected chi connectivity index (χ0v) is 56.2. The second-order valence-corrected chi connectivity index (χ2v) is 25.2. The summed E-state index contributed by atoms with van der Waals surface area (Å²) in [4.78, 5) is 37.5. The fraction of sp³-hybridized carbons (Fsp3) is 0.776. The molecular weight excluding hydrogens is 1050 g/mol. The molecule has 2 atom stereocenters. The molecule has 0 saturated carbocycles. The first kappa shape index (κ1) is 81.5. The molecule has 85 heavy (non-hydrogen) atoms. The van der Waals surface area contributed by atoms with Crippen molar-refractivity contribution < 1.29 is 42.9 Å². The van der Waals surface area contributed by atoms with Gasteiger partial charge in [0, 0.05) is 12.8 Å². The van der Waals surface area contributed by atoms with Crippen LogP contribution in [0.4, 0.5) is 0 Å². The van der Waals surface area contributed by atoms with E-state index in [-0.39, 0.29) is 38.6 Å². The number of carbonyl (C=O) groups excluding carboxylic acids is 3. The summed E-state index contributed by atoms with van der Waals surface area (Å²) >= 11 is 0. The van der Waals surface area contributed by atoms with Crippen LogP contribution in [0.2, 0.25) is 0 Å². The highest BCUT2D eigenvalue weighted by Crippen LogP contribution is 2.18. The predicted octanol–water partition coefficient (Wildman–Crippen LogP) is 20.9. The molecule has 0 aromatic heterocycles. The van der Waals surface area contributed by atoms with Gasteiger partial charge in [-0.15, -0.1) is 0 Å². The van der Waals surface area contributed by atoms with Gasteiger partial charge in [-0.3, -0.25) is 9.59 Å². The van der Waals surface area contributed by atoms with Crippen LogP contribution < -0.4 is 5.11 Å². The van der Waals surface area contributed by atoms with E-state index in [1.807, 2.05) is 21.1 Å². The minimum Gasteiger partial charge on any atom is -0.545 e. The molecule has 0 aliphatic rings. The zero-order valence-electron chi connectivity index (χ0n) is 56.2. The van der Waals surface area contributed by atoms with E-state index in [0.29, 0.717) is 17.4 Å². The van der Waals surface area contributed by atoms with Crippen LogP contribution >= 0.6 is 0 Å². The predicted molar refractivity (Wildman–Crippen MR) is 361 cm³/mol. The molecule has 0 aliphatic carbocycles. The number of carboxylic acids is 1. The quantitative estimate of drug-likeness (QED) is 0.0195. The number of hydrogen-bond acceptors (Lipinski definition) is 8. The number of hydrogen-bond donors (Lipinski definition) is 0. The molecule has 0 heterocycles. The molecule has 0 aromatic carbocycles. The molecule has 0 rings (SSSR count). The van der Waals surface area contributed by atoms with Crippen molar-refractivity contribution >= 4 is 17.9 Å². The van der Waals surface area contributed by atoms with Gasteiger partial charge in [-0.25, -0.2) is 0 Å². The van der Waals surface area contributed by atoms with Crippen molar-refractivity contribution in [3.8, 4) is 0 Å². The van der Waals surface area contributed by atoms with Crippen molar-refractivity contribution in [2.45, 2.75) is 334 Å². The molecule has 0 saturated heterocycles. The van der Waals surface area contributed by atoms with Gasteiger partial charge < -0.3 is 33.3 Å². The number of quaternary nitrogens is 1. The van der Waals surface area contributed by atoms with E-state index in [1.165, 1.54) is 205 Å². The van der Waals surface area contributed by atoms with E-state index in [4.69, 9.17) is 18.9 Å². The Morgan fingerprint density at radius 1 is 0.365 bits per heavy atom. The van der Waals surface area contributed by atoms with E-state index < -0.39 is 24.3 Å². The SMILES string of the molecule is CC/C=C\C/C=C\C/C=C\C/C=C\C/C=C\C/C=C\C/C=C\CCCCCC(=O)OC(COC(=O)CCCCCCCCCCCCCCCCCCCCCCCCCCCCCCCCCCCCC)COC(OCC[N+](C)(C)C)C(=O)[O-]. The van der Waals surface area contributed by atoms with Crippen LogP contribution in [0, 0.1) is 0 Å². The van der Waals surface area contributed by atoms with Crippen molar-refractivity contribution in [2.75, 3.05) is 47.5 Å². The lowest BCUT2D eigenvalue weighted by Gasteiger charge is -2.26. The molecule has 9 heteroatoms. The van der Waals surface area contributed by atoms with Crippen LogP contribution in [0.3, 0.4) is 0 Å². The minimum absolute atomic E-state index is 0.138. The summed E-state index contributed by atoms with van der Waals surface area (Å²) in [6.45, 7) is 4.63. The fourth-order valence-electron chi connectivity index (χ4n) is 10.2. The highest BCUT2D eigenvalue weighted by atomic mass is 16.7. The lowest BCUT2D eigenvalue weighted by Crippen LogP contribution is -2.44. The summed E-state index contributed by atoms with van der Waals surface area (Å²) in [6, 6.07) is 0. The second-order valence-electron chi connectivity index (χ2n) is 25.2. The number of nitrogens with zero attached hydrogens (tertiary/aromatic N) is 1. The van der Waals surface area contributed by atoms with Crippen molar-refractivity contribution in [2.24, 2.45) is 0 Å². The van der Waals surface area contributed by atoms with Crippen LogP contribution in [0.25, 0.3) is 0 Å². The zero-order chi connectivity index (χ0) is 61.9. The van der Waals surface area contributed by atoms with Crippen LogP contribution in [0.15, 0.2) is 85.1 Å². The normalized spacial score (nSPS) is 13.2. The van der Waals surface area contributed by atoms with Gasteiger partial charge in [0.15, 0.2) is 12.4 Å². The van der Waals surface area contributed by atoms with Crippen molar-refractivity contribution in [3.63, 3.8) is 0 Å². The topological polar surface area (TPSA) is 111 Å². The lowest BCUT2D eigenvalue weighted by molar-refractivity contribution is -0.870. The maximum atomic E-state index is 12.9. The Morgan fingerprint density at radius 3 is 1.00 bits per heavy atom. The maximum absolute atomic E-state index is 12.9. The number of esters is 2. The van der Waals surface area contributed by atoms with Crippen molar-refractivity contribution in [3.05, 3.63) is 85.1 Å². The molecule has 0 fully saturated rings. The average molecular weight is 1190 g/mol. The second kappa shape index (κ2) is 66.4. The summed E-state index contributed by atoms with van der Waals surface area (Å²) in [7, 11) is 5.92. The first-order chi connectivity index (χ1) is 41.6. The van der Waals surface area contributed by atoms with Crippen LogP contribution in [0.5, 0.6) is 0 Å². The smallest absolute Gasteiger partial charge is 0.306 e. The summed E-state index contributed by atoms with van der Waals surface area (Å²) < 4.78 is 22.8. The molecule has 0 aliphatic heterocycles. The van der Waals surface area contributed by atoms with E-state index in [1.54, 1.807) is 0 Å². The van der Waals surface area contributed by atoms with Crippen molar-refractivity contribution in [1.29, 1.82) is 0 Å². The van der Waals surface area contributed by atoms with E-state index in [2.05, 4.69) is 98.9 Å². The number of carboxylic acid groups (broad SMARTS) is 1. The number of ether oxygens (including phenoxy) is 4. The molecule has 0 amide bonds. The lowest BCUT2D eigenvalue weighted by atomic mass is 10.0. The molecule has 0 spiro atoms.